The van der Waals surface area contributed by atoms with E-state index in [4.69, 9.17) is 4.43 Å². The van der Waals surface area contributed by atoms with E-state index in [1.54, 1.807) is 25.7 Å². The third-order valence-corrected chi connectivity index (χ3v) is 8.93. The van der Waals surface area contributed by atoms with Crippen LogP contribution >= 0.6 is 0 Å². The van der Waals surface area contributed by atoms with Crippen molar-refractivity contribution in [3.05, 3.63) is 75.4 Å². The minimum absolute atomic E-state index is 0. The second-order valence-electron chi connectivity index (χ2n) is 7.36. The number of carbonyl (C=O) groups excluding carboxylic acids is 1. The number of allylic oxidation sites excluding steroid dienone is 1. The molecular formula is C21H30FeO3Si+2. The Kier molecular flexibility index (Phi) is 12.3. The van der Waals surface area contributed by atoms with E-state index in [1.165, 1.54) is 13.0 Å². The fourth-order valence-corrected chi connectivity index (χ4v) is 2.73. The summed E-state index contributed by atoms with van der Waals surface area (Å²) in [6.45, 7) is 12.1. The summed E-state index contributed by atoms with van der Waals surface area (Å²) in [6, 6.07) is 0. The van der Waals surface area contributed by atoms with Crippen LogP contribution in [0, 0.1) is 63.2 Å². The SMILES string of the molecule is CC(C)(C)[Si](C)(C)OC/C=C/[C]1[CH][CH][CH][CH]1.COC(=O)[C]1[CH][CH][CH][CH]1.[Fe+2]. The monoisotopic (exact) mass is 414 g/mol. The van der Waals surface area contributed by atoms with Crippen LogP contribution in [-0.4, -0.2) is 28.0 Å². The molecule has 5 heteroatoms. The summed E-state index contributed by atoms with van der Waals surface area (Å²) in [5, 5.41) is 0.293. The minimum Gasteiger partial charge on any atom is -0.469 e. The van der Waals surface area contributed by atoms with E-state index >= 15 is 0 Å². The Morgan fingerprint density at radius 2 is 1.54 bits per heavy atom. The number of methoxy groups -OCH3 is 1. The first kappa shape index (κ1) is 25.9. The van der Waals surface area contributed by atoms with Crippen LogP contribution in [0.1, 0.15) is 20.8 Å². The van der Waals surface area contributed by atoms with Crippen LogP contribution in [0.5, 0.6) is 0 Å². The zero-order chi connectivity index (χ0) is 18.9. The molecule has 26 heavy (non-hydrogen) atoms. The maximum atomic E-state index is 10.7. The average Bonchev–Trinajstić information content (AvgIpc) is 3.23. The van der Waals surface area contributed by atoms with Crippen LogP contribution in [0.15, 0.2) is 12.2 Å². The second kappa shape index (κ2) is 12.4. The first-order valence-electron chi connectivity index (χ1n) is 8.49. The molecule has 0 aromatic carbocycles. The van der Waals surface area contributed by atoms with Gasteiger partial charge in [0.15, 0.2) is 8.32 Å². The van der Waals surface area contributed by atoms with Gasteiger partial charge < -0.3 is 9.16 Å². The molecule has 0 saturated heterocycles. The molecule has 0 N–H and O–H groups in total. The van der Waals surface area contributed by atoms with Crippen molar-refractivity contribution in [2.45, 2.75) is 38.9 Å². The Morgan fingerprint density at radius 1 is 1.04 bits per heavy atom. The summed E-state index contributed by atoms with van der Waals surface area (Å²) in [7, 11) is -0.208. The first-order chi connectivity index (χ1) is 11.7. The quantitative estimate of drug-likeness (QED) is 0.490. The Balaban J connectivity index is 0.000000532. The molecule has 142 valence electrons. The van der Waals surface area contributed by atoms with E-state index in [9.17, 15) is 4.79 Å². The summed E-state index contributed by atoms with van der Waals surface area (Å²) in [5.41, 5.74) is 0. The predicted molar refractivity (Wildman–Crippen MR) is 105 cm³/mol. The van der Waals surface area contributed by atoms with E-state index in [0.717, 1.165) is 6.61 Å². The smallest absolute Gasteiger partial charge is 0.469 e. The van der Waals surface area contributed by atoms with Crippen molar-refractivity contribution < 1.29 is 31.0 Å². The molecule has 0 aromatic heterocycles. The van der Waals surface area contributed by atoms with E-state index in [1.807, 2.05) is 12.8 Å². The molecule has 2 fully saturated rings. The Bertz CT molecular complexity index is 417. The Labute approximate surface area is 173 Å². The van der Waals surface area contributed by atoms with Gasteiger partial charge in [-0.25, -0.2) is 0 Å². The fourth-order valence-electron chi connectivity index (χ4n) is 1.79. The van der Waals surface area contributed by atoms with Crippen molar-refractivity contribution in [1.29, 1.82) is 0 Å². The van der Waals surface area contributed by atoms with Crippen LogP contribution in [0.4, 0.5) is 0 Å². The van der Waals surface area contributed by atoms with Crippen LogP contribution in [0.25, 0.3) is 0 Å². The molecule has 2 aliphatic rings. The van der Waals surface area contributed by atoms with Gasteiger partial charge in [-0.05, 0) is 69.5 Å². The van der Waals surface area contributed by atoms with Gasteiger partial charge in [-0.1, -0.05) is 32.9 Å². The summed E-state index contributed by atoms with van der Waals surface area (Å²) in [4.78, 5) is 10.7. The van der Waals surface area contributed by atoms with Gasteiger partial charge >= 0.3 is 23.0 Å². The Hall–Kier alpha value is -0.0936. The molecule has 2 aliphatic carbocycles. The zero-order valence-corrected chi connectivity index (χ0v) is 18.7. The summed E-state index contributed by atoms with van der Waals surface area (Å²) >= 11 is 0. The van der Waals surface area contributed by atoms with Crippen LogP contribution in [-0.2, 0) is 31.0 Å². The molecular weight excluding hydrogens is 384 g/mol. The molecule has 0 atom stereocenters. The summed E-state index contributed by atoms with van der Waals surface area (Å²) in [6.07, 6.45) is 19.5. The first-order valence-corrected chi connectivity index (χ1v) is 11.4. The van der Waals surface area contributed by atoms with Crippen molar-refractivity contribution in [3.63, 3.8) is 0 Å². The molecule has 0 unspecified atom stereocenters. The van der Waals surface area contributed by atoms with Gasteiger partial charge in [0, 0.05) is 5.92 Å². The summed E-state index contributed by atoms with van der Waals surface area (Å²) in [5.74, 6) is 1.58. The molecule has 0 aliphatic heterocycles. The summed E-state index contributed by atoms with van der Waals surface area (Å²) < 4.78 is 10.5. The van der Waals surface area contributed by atoms with Crippen molar-refractivity contribution in [2.24, 2.45) is 0 Å². The normalized spacial score (nSPS) is 19.2. The molecule has 2 saturated carbocycles. The van der Waals surface area contributed by atoms with Crippen molar-refractivity contribution >= 4 is 14.3 Å². The largest absolute Gasteiger partial charge is 2.00 e. The zero-order valence-electron chi connectivity index (χ0n) is 16.6. The van der Waals surface area contributed by atoms with E-state index in [-0.39, 0.29) is 23.0 Å². The van der Waals surface area contributed by atoms with Gasteiger partial charge in [0.2, 0.25) is 0 Å². The van der Waals surface area contributed by atoms with Gasteiger partial charge in [-0.15, -0.1) is 0 Å². The van der Waals surface area contributed by atoms with Gasteiger partial charge in [0.05, 0.1) is 19.6 Å². The van der Waals surface area contributed by atoms with Gasteiger partial charge in [-0.3, -0.25) is 4.79 Å². The third-order valence-electron chi connectivity index (χ3n) is 4.43. The fraction of sp³-hybridized carbons (Fsp3) is 0.381. The third kappa shape index (κ3) is 9.21. The second-order valence-corrected chi connectivity index (χ2v) is 12.2. The Morgan fingerprint density at radius 3 is 2.00 bits per heavy atom. The minimum atomic E-state index is -1.58. The molecule has 0 aromatic rings. The number of hydrogen-bond acceptors (Lipinski definition) is 3. The van der Waals surface area contributed by atoms with Gasteiger partial charge in [0.1, 0.15) is 0 Å². The van der Waals surface area contributed by atoms with Gasteiger partial charge in [0.25, 0.3) is 0 Å². The molecule has 0 heterocycles. The number of esters is 1. The average molecular weight is 414 g/mol. The topological polar surface area (TPSA) is 35.5 Å². The van der Waals surface area contributed by atoms with E-state index < -0.39 is 8.32 Å². The maximum absolute atomic E-state index is 10.7. The van der Waals surface area contributed by atoms with Crippen LogP contribution in [0.2, 0.25) is 18.1 Å². The maximum Gasteiger partial charge on any atom is 2.00 e. The van der Waals surface area contributed by atoms with Crippen molar-refractivity contribution in [3.8, 4) is 0 Å². The van der Waals surface area contributed by atoms with Crippen molar-refractivity contribution in [1.82, 2.24) is 0 Å². The molecule has 10 radical (unpaired) electrons. The predicted octanol–water partition coefficient (Wildman–Crippen LogP) is 4.53. The van der Waals surface area contributed by atoms with E-state index in [0.29, 0.717) is 11.0 Å². The number of rotatable bonds is 5. The number of carbonyl (C=O) groups is 1. The van der Waals surface area contributed by atoms with E-state index in [2.05, 4.69) is 63.6 Å². The molecule has 0 amide bonds. The van der Waals surface area contributed by atoms with Crippen LogP contribution < -0.4 is 0 Å². The molecule has 2 rings (SSSR count). The van der Waals surface area contributed by atoms with Crippen molar-refractivity contribution in [2.75, 3.05) is 13.7 Å². The molecule has 0 bridgehead atoms. The van der Waals surface area contributed by atoms with Crippen LogP contribution in [0.3, 0.4) is 0 Å². The number of hydrogen-bond donors (Lipinski definition) is 0. The standard InChI is InChI=1S/C14H23OSi.C7H7O2.Fe/c1-14(2,3)16(4,5)15-12-8-11-13-9-6-7-10-13;1-9-7(8)6-4-2-3-5-6;/h6-11H,12H2,1-5H3;2-5H,1H3;/q;;+2/b11-8+;;. The number of ether oxygens (including phenoxy) is 1. The van der Waals surface area contributed by atoms with Gasteiger partial charge in [-0.2, -0.15) is 0 Å². The molecule has 3 nitrogen and oxygen atoms in total. The molecule has 0 spiro atoms.